The van der Waals surface area contributed by atoms with Crippen LogP contribution in [-0.2, 0) is 11.2 Å². The number of nitrogens with one attached hydrogen (secondary N) is 1. The molecule has 0 saturated carbocycles. The number of anilines is 1. The molecule has 1 aliphatic carbocycles. The van der Waals surface area contributed by atoms with E-state index in [2.05, 4.69) is 20.2 Å². The van der Waals surface area contributed by atoms with Gasteiger partial charge in [0.05, 0.1) is 18.2 Å². The van der Waals surface area contributed by atoms with Gasteiger partial charge in [0.1, 0.15) is 0 Å². The van der Waals surface area contributed by atoms with Crippen molar-refractivity contribution in [3.8, 4) is 0 Å². The van der Waals surface area contributed by atoms with Crippen LogP contribution in [-0.4, -0.2) is 46.9 Å². The van der Waals surface area contributed by atoms with E-state index in [-0.39, 0.29) is 12.6 Å². The molecule has 2 N–H and O–H groups in total. The van der Waals surface area contributed by atoms with E-state index in [1.165, 1.54) is 0 Å². The van der Waals surface area contributed by atoms with E-state index in [1.54, 1.807) is 6.20 Å². The minimum Gasteiger partial charge on any atom is -0.396 e. The third-order valence-corrected chi connectivity index (χ3v) is 5.30. The van der Waals surface area contributed by atoms with Crippen molar-refractivity contribution >= 4 is 11.9 Å². The molecule has 2 heterocycles. The van der Waals surface area contributed by atoms with Crippen molar-refractivity contribution in [1.82, 2.24) is 15.3 Å². The smallest absolute Gasteiger partial charge is 0.389 e. The van der Waals surface area contributed by atoms with Gasteiger partial charge in [-0.15, -0.1) is 0 Å². The summed E-state index contributed by atoms with van der Waals surface area (Å²) >= 11 is 0. The highest BCUT2D eigenvalue weighted by Gasteiger charge is 2.30. The maximum Gasteiger partial charge on any atom is 0.389 e. The number of nitrogens with zero attached hydrogens (tertiary/aromatic N) is 3. The van der Waals surface area contributed by atoms with Crippen LogP contribution in [0.1, 0.15) is 55.8 Å². The number of alkyl halides is 3. The first kappa shape index (κ1) is 19.9. The molecule has 0 radical (unpaired) electrons. The molecular weight excluding hydrogens is 361 g/mol. The average Bonchev–Trinajstić information content (AvgIpc) is 2.66. The quantitative estimate of drug-likeness (QED) is 0.813. The molecule has 27 heavy (non-hydrogen) atoms. The molecule has 1 atom stereocenters. The maximum absolute atomic E-state index is 12.3. The first-order chi connectivity index (χ1) is 12.9. The Balaban J connectivity index is 1.63. The normalized spacial score (nSPS) is 21.0. The van der Waals surface area contributed by atoms with Crippen LogP contribution in [0.25, 0.3) is 0 Å². The number of aliphatic hydroxyl groups excluding tert-OH is 1. The number of amides is 1. The number of carbonyl (C=O) groups excluding carboxylic acids is 1. The van der Waals surface area contributed by atoms with Gasteiger partial charge in [-0.25, -0.2) is 9.97 Å². The lowest BCUT2D eigenvalue weighted by Gasteiger charge is -2.32. The van der Waals surface area contributed by atoms with Gasteiger partial charge in [-0.05, 0) is 38.0 Å². The van der Waals surface area contributed by atoms with E-state index in [1.807, 2.05) is 0 Å². The molecule has 0 unspecified atom stereocenters. The van der Waals surface area contributed by atoms with Crippen LogP contribution in [0.5, 0.6) is 0 Å². The highest BCUT2D eigenvalue weighted by atomic mass is 19.4. The first-order valence-corrected chi connectivity index (χ1v) is 9.43. The first-order valence-electron chi connectivity index (χ1n) is 9.43. The minimum absolute atomic E-state index is 0.203. The zero-order chi connectivity index (χ0) is 19.4. The summed E-state index contributed by atoms with van der Waals surface area (Å²) in [6.45, 7) is 1.79. The number of aliphatic hydroxyl groups is 1. The van der Waals surface area contributed by atoms with Gasteiger partial charge in [-0.2, -0.15) is 13.2 Å². The molecule has 0 aromatic carbocycles. The number of piperidine rings is 1. The Morgan fingerprint density at radius 1 is 1.30 bits per heavy atom. The van der Waals surface area contributed by atoms with Crippen molar-refractivity contribution in [2.45, 2.75) is 57.2 Å². The highest BCUT2D eigenvalue weighted by molar-refractivity contribution is 5.76. The average molecular weight is 386 g/mol. The van der Waals surface area contributed by atoms with Gasteiger partial charge in [-0.1, -0.05) is 0 Å². The summed E-state index contributed by atoms with van der Waals surface area (Å²) in [6, 6.07) is -0.330. The van der Waals surface area contributed by atoms with Gasteiger partial charge in [0, 0.05) is 37.9 Å². The van der Waals surface area contributed by atoms with Gasteiger partial charge in [0.25, 0.3) is 0 Å². The van der Waals surface area contributed by atoms with Crippen molar-refractivity contribution in [2.24, 2.45) is 5.92 Å². The van der Waals surface area contributed by atoms with Gasteiger partial charge in [-0.3, -0.25) is 4.79 Å². The summed E-state index contributed by atoms with van der Waals surface area (Å²) in [5, 5.41) is 11.9. The standard InChI is InChI=1S/C18H25F3N4O2/c19-18(20,21)7-4-16(27)23-14-2-1-3-15-13(14)10-22-17(24-15)25-8-5-12(11-26)6-9-25/h10,12,14,26H,1-9,11H2,(H,23,27)/t14-/m0/s1. The number of fused-ring (bicyclic) bond motifs is 1. The predicted molar refractivity (Wildman–Crippen MR) is 93.2 cm³/mol. The summed E-state index contributed by atoms with van der Waals surface area (Å²) in [4.78, 5) is 23.0. The minimum atomic E-state index is -4.33. The van der Waals surface area contributed by atoms with Crippen LogP contribution in [0.4, 0.5) is 19.1 Å². The van der Waals surface area contributed by atoms with Crippen LogP contribution >= 0.6 is 0 Å². The number of hydrogen-bond donors (Lipinski definition) is 2. The van der Waals surface area contributed by atoms with E-state index in [0.29, 0.717) is 18.3 Å². The zero-order valence-corrected chi connectivity index (χ0v) is 15.1. The molecule has 1 aromatic rings. The number of rotatable bonds is 5. The van der Waals surface area contributed by atoms with Gasteiger partial charge in [0.2, 0.25) is 11.9 Å². The monoisotopic (exact) mass is 386 g/mol. The Bertz CT molecular complexity index is 660. The van der Waals surface area contributed by atoms with Crippen molar-refractivity contribution in [2.75, 3.05) is 24.6 Å². The van der Waals surface area contributed by atoms with E-state index in [9.17, 15) is 23.1 Å². The number of halogens is 3. The molecule has 3 rings (SSSR count). The Hall–Kier alpha value is -1.90. The molecule has 0 bridgehead atoms. The molecule has 9 heteroatoms. The van der Waals surface area contributed by atoms with Crippen LogP contribution in [0.15, 0.2) is 6.20 Å². The molecule has 1 saturated heterocycles. The van der Waals surface area contributed by atoms with E-state index >= 15 is 0 Å². The summed E-state index contributed by atoms with van der Waals surface area (Å²) in [5.41, 5.74) is 1.66. The molecule has 1 aromatic heterocycles. The second-order valence-corrected chi connectivity index (χ2v) is 7.31. The Kier molecular flexibility index (Phi) is 6.18. The Labute approximate surface area is 156 Å². The van der Waals surface area contributed by atoms with Crippen molar-refractivity contribution in [1.29, 1.82) is 0 Å². The van der Waals surface area contributed by atoms with Crippen LogP contribution in [0.2, 0.25) is 0 Å². The lowest BCUT2D eigenvalue weighted by Crippen LogP contribution is -2.37. The van der Waals surface area contributed by atoms with Crippen LogP contribution < -0.4 is 10.2 Å². The van der Waals surface area contributed by atoms with Crippen molar-refractivity contribution < 1.29 is 23.1 Å². The Morgan fingerprint density at radius 2 is 2.04 bits per heavy atom. The summed E-state index contributed by atoms with van der Waals surface area (Å²) < 4.78 is 36.8. The lowest BCUT2D eigenvalue weighted by atomic mass is 9.92. The lowest BCUT2D eigenvalue weighted by molar-refractivity contribution is -0.144. The fourth-order valence-corrected chi connectivity index (χ4v) is 3.68. The van der Waals surface area contributed by atoms with Crippen LogP contribution in [0, 0.1) is 5.92 Å². The van der Waals surface area contributed by atoms with Crippen LogP contribution in [0.3, 0.4) is 0 Å². The summed E-state index contributed by atoms with van der Waals surface area (Å²) in [5.74, 6) is 0.379. The van der Waals surface area contributed by atoms with Gasteiger partial charge < -0.3 is 15.3 Å². The molecule has 1 amide bonds. The van der Waals surface area contributed by atoms with Crippen molar-refractivity contribution in [3.05, 3.63) is 17.5 Å². The SMILES string of the molecule is O=C(CCC(F)(F)F)N[C@H]1CCCc2nc(N3CCC(CO)CC3)ncc21. The largest absolute Gasteiger partial charge is 0.396 e. The highest BCUT2D eigenvalue weighted by Crippen LogP contribution is 2.30. The fraction of sp³-hybridized carbons (Fsp3) is 0.722. The molecule has 6 nitrogen and oxygen atoms in total. The van der Waals surface area contributed by atoms with Gasteiger partial charge in [0.15, 0.2) is 0 Å². The predicted octanol–water partition coefficient (Wildman–Crippen LogP) is 2.52. The second kappa shape index (κ2) is 8.41. The zero-order valence-electron chi connectivity index (χ0n) is 15.1. The Morgan fingerprint density at radius 3 is 2.70 bits per heavy atom. The summed E-state index contributed by atoms with van der Waals surface area (Å²) in [6.07, 6.45) is -0.245. The number of aryl methyl sites for hydroxylation is 1. The van der Waals surface area contributed by atoms with Crippen molar-refractivity contribution in [3.63, 3.8) is 0 Å². The number of carbonyl (C=O) groups is 1. The van der Waals surface area contributed by atoms with E-state index < -0.39 is 24.9 Å². The molecular formula is C18H25F3N4O2. The molecule has 1 aliphatic heterocycles. The maximum atomic E-state index is 12.3. The third-order valence-electron chi connectivity index (χ3n) is 5.30. The number of aromatic nitrogens is 2. The molecule has 2 aliphatic rings. The fourth-order valence-electron chi connectivity index (χ4n) is 3.68. The number of hydrogen-bond acceptors (Lipinski definition) is 5. The molecule has 150 valence electrons. The topological polar surface area (TPSA) is 78.4 Å². The third kappa shape index (κ3) is 5.31. The molecule has 0 spiro atoms. The van der Waals surface area contributed by atoms with Gasteiger partial charge >= 0.3 is 6.18 Å². The van der Waals surface area contributed by atoms with E-state index in [0.717, 1.165) is 50.0 Å². The second-order valence-electron chi connectivity index (χ2n) is 7.31. The molecule has 1 fully saturated rings. The summed E-state index contributed by atoms with van der Waals surface area (Å²) in [7, 11) is 0. The van der Waals surface area contributed by atoms with E-state index in [4.69, 9.17) is 0 Å².